The Morgan fingerprint density at radius 3 is 2.57 bits per heavy atom. The highest BCUT2D eigenvalue weighted by molar-refractivity contribution is 5.84. The summed E-state index contributed by atoms with van der Waals surface area (Å²) in [4.78, 5) is 3.13. The Morgan fingerprint density at radius 1 is 1.04 bits per heavy atom. The van der Waals surface area contributed by atoms with Gasteiger partial charge in [0.15, 0.2) is 0 Å². The van der Waals surface area contributed by atoms with Crippen LogP contribution in [0, 0.1) is 0 Å². The molecule has 0 amide bonds. The maximum atomic E-state index is 12.7. The first-order valence-electron chi connectivity index (χ1n) is 7.12. The lowest BCUT2D eigenvalue weighted by Gasteiger charge is -2.10. The number of hydrogen-bond donors (Lipinski definition) is 2. The van der Waals surface area contributed by atoms with Gasteiger partial charge in [0, 0.05) is 17.1 Å². The number of aromatic amines is 1. The van der Waals surface area contributed by atoms with Crippen molar-refractivity contribution in [1.29, 1.82) is 0 Å². The molecule has 0 fully saturated rings. The third kappa shape index (κ3) is 3.32. The van der Waals surface area contributed by atoms with Gasteiger partial charge >= 0.3 is 6.18 Å². The molecule has 23 heavy (non-hydrogen) atoms. The maximum Gasteiger partial charge on any atom is 0.416 e. The molecule has 3 nitrogen and oxygen atoms in total. The van der Waals surface area contributed by atoms with Crippen LogP contribution in [-0.4, -0.2) is 11.5 Å². The minimum Gasteiger partial charge on any atom is -0.457 e. The van der Waals surface area contributed by atoms with Crippen molar-refractivity contribution < 1.29 is 17.9 Å². The molecule has 0 radical (unpaired) electrons. The van der Waals surface area contributed by atoms with Gasteiger partial charge in [-0.1, -0.05) is 6.07 Å². The number of hydrogen-bond acceptors (Lipinski definition) is 2. The SMILES string of the molecule is NCCc1c[nH]c2ccc(Oc3cccc(C(F)(F)F)c3)cc12. The second-order valence-corrected chi connectivity index (χ2v) is 5.19. The van der Waals surface area contributed by atoms with Gasteiger partial charge in [0.1, 0.15) is 11.5 Å². The number of aromatic nitrogens is 1. The van der Waals surface area contributed by atoms with E-state index in [0.717, 1.165) is 28.6 Å². The Labute approximate surface area is 130 Å². The zero-order chi connectivity index (χ0) is 16.4. The third-order valence-electron chi connectivity index (χ3n) is 3.55. The fourth-order valence-corrected chi connectivity index (χ4v) is 2.46. The molecule has 120 valence electrons. The predicted molar refractivity (Wildman–Crippen MR) is 82.6 cm³/mol. The van der Waals surface area contributed by atoms with Gasteiger partial charge in [-0.15, -0.1) is 0 Å². The van der Waals surface area contributed by atoms with Gasteiger partial charge in [-0.05, 0) is 54.9 Å². The number of ether oxygens (including phenoxy) is 1. The van der Waals surface area contributed by atoms with Crippen LogP contribution in [0.4, 0.5) is 13.2 Å². The van der Waals surface area contributed by atoms with Crippen LogP contribution in [0.5, 0.6) is 11.5 Å². The summed E-state index contributed by atoms with van der Waals surface area (Å²) in [5.74, 6) is 0.629. The molecule has 0 saturated heterocycles. The van der Waals surface area contributed by atoms with Crippen LogP contribution in [0.2, 0.25) is 0 Å². The largest absolute Gasteiger partial charge is 0.457 e. The van der Waals surface area contributed by atoms with Crippen molar-refractivity contribution in [3.05, 3.63) is 59.8 Å². The van der Waals surface area contributed by atoms with Crippen LogP contribution >= 0.6 is 0 Å². The molecule has 2 aromatic carbocycles. The first-order valence-corrected chi connectivity index (χ1v) is 7.12. The summed E-state index contributed by atoms with van der Waals surface area (Å²) in [6.07, 6.45) is -1.79. The Hall–Kier alpha value is -2.47. The van der Waals surface area contributed by atoms with E-state index < -0.39 is 11.7 Å². The van der Waals surface area contributed by atoms with E-state index in [-0.39, 0.29) is 5.75 Å². The molecule has 1 aromatic heterocycles. The van der Waals surface area contributed by atoms with E-state index in [1.807, 2.05) is 12.3 Å². The van der Waals surface area contributed by atoms with Crippen molar-refractivity contribution in [2.24, 2.45) is 5.73 Å². The molecule has 3 N–H and O–H groups in total. The first kappa shape index (κ1) is 15.4. The van der Waals surface area contributed by atoms with Crippen molar-refractivity contribution in [2.45, 2.75) is 12.6 Å². The molecule has 0 spiro atoms. The smallest absolute Gasteiger partial charge is 0.416 e. The van der Waals surface area contributed by atoms with Crippen molar-refractivity contribution in [1.82, 2.24) is 4.98 Å². The van der Waals surface area contributed by atoms with Crippen LogP contribution in [0.3, 0.4) is 0 Å². The lowest BCUT2D eigenvalue weighted by molar-refractivity contribution is -0.137. The highest BCUT2D eigenvalue weighted by Crippen LogP contribution is 2.33. The third-order valence-corrected chi connectivity index (χ3v) is 3.55. The molecule has 0 saturated carbocycles. The van der Waals surface area contributed by atoms with Crippen molar-refractivity contribution >= 4 is 10.9 Å². The van der Waals surface area contributed by atoms with Crippen LogP contribution in [0.1, 0.15) is 11.1 Å². The number of alkyl halides is 3. The number of benzene rings is 2. The number of rotatable bonds is 4. The quantitative estimate of drug-likeness (QED) is 0.744. The molecule has 3 rings (SSSR count). The van der Waals surface area contributed by atoms with E-state index in [2.05, 4.69) is 4.98 Å². The van der Waals surface area contributed by atoms with Gasteiger partial charge in [0.2, 0.25) is 0 Å². The zero-order valence-corrected chi connectivity index (χ0v) is 12.2. The van der Waals surface area contributed by atoms with Gasteiger partial charge in [-0.2, -0.15) is 13.2 Å². The van der Waals surface area contributed by atoms with E-state index in [0.29, 0.717) is 18.7 Å². The summed E-state index contributed by atoms with van der Waals surface area (Å²) in [7, 11) is 0. The van der Waals surface area contributed by atoms with Crippen LogP contribution in [0.15, 0.2) is 48.7 Å². The van der Waals surface area contributed by atoms with Crippen molar-refractivity contribution in [2.75, 3.05) is 6.54 Å². The van der Waals surface area contributed by atoms with E-state index in [4.69, 9.17) is 10.5 Å². The standard InChI is InChI=1S/C17H15F3N2O/c18-17(19,20)12-2-1-3-13(8-12)23-14-4-5-16-15(9-14)11(6-7-21)10-22-16/h1-5,8-10,22H,6-7,21H2. The van der Waals surface area contributed by atoms with Gasteiger partial charge < -0.3 is 15.5 Å². The highest BCUT2D eigenvalue weighted by Gasteiger charge is 2.30. The minimum atomic E-state index is -4.39. The first-order chi connectivity index (χ1) is 11.0. The van der Waals surface area contributed by atoms with E-state index in [9.17, 15) is 13.2 Å². The predicted octanol–water partition coefficient (Wildman–Crippen LogP) is 4.48. The van der Waals surface area contributed by atoms with Gasteiger partial charge in [0.05, 0.1) is 5.56 Å². The fourth-order valence-electron chi connectivity index (χ4n) is 2.46. The fraction of sp³-hybridized carbons (Fsp3) is 0.176. The minimum absolute atomic E-state index is 0.148. The second-order valence-electron chi connectivity index (χ2n) is 5.19. The highest BCUT2D eigenvalue weighted by atomic mass is 19.4. The Kier molecular flexibility index (Phi) is 4.00. The summed E-state index contributed by atoms with van der Waals surface area (Å²) in [6, 6.07) is 10.2. The van der Waals surface area contributed by atoms with Gasteiger partial charge in [-0.3, -0.25) is 0 Å². The number of nitrogens with one attached hydrogen (secondary N) is 1. The summed E-state index contributed by atoms with van der Waals surface area (Å²) in [5.41, 5.74) is 6.83. The van der Waals surface area contributed by atoms with Gasteiger partial charge in [0.25, 0.3) is 0 Å². The molecular weight excluding hydrogens is 305 g/mol. The van der Waals surface area contributed by atoms with Crippen LogP contribution < -0.4 is 10.5 Å². The molecule has 0 bridgehead atoms. The average molecular weight is 320 g/mol. The zero-order valence-electron chi connectivity index (χ0n) is 12.2. The summed E-state index contributed by atoms with van der Waals surface area (Å²) >= 11 is 0. The van der Waals surface area contributed by atoms with E-state index in [1.54, 1.807) is 12.1 Å². The number of fused-ring (bicyclic) bond motifs is 1. The maximum absolute atomic E-state index is 12.7. The number of H-pyrrole nitrogens is 1. The lowest BCUT2D eigenvalue weighted by Crippen LogP contribution is -2.04. The van der Waals surface area contributed by atoms with Crippen molar-refractivity contribution in [3.8, 4) is 11.5 Å². The van der Waals surface area contributed by atoms with Crippen LogP contribution in [0.25, 0.3) is 10.9 Å². The summed E-state index contributed by atoms with van der Waals surface area (Å²) < 4.78 is 43.8. The molecule has 0 unspecified atom stereocenters. The average Bonchev–Trinajstić information content (AvgIpc) is 2.90. The Morgan fingerprint density at radius 2 is 1.83 bits per heavy atom. The molecular formula is C17H15F3N2O. The topological polar surface area (TPSA) is 51.0 Å². The summed E-state index contributed by atoms with van der Waals surface area (Å²) in [6.45, 7) is 0.520. The van der Waals surface area contributed by atoms with Gasteiger partial charge in [-0.25, -0.2) is 0 Å². The number of nitrogens with two attached hydrogens (primary N) is 1. The monoisotopic (exact) mass is 320 g/mol. The Bertz CT molecular complexity index is 824. The number of halogens is 3. The van der Waals surface area contributed by atoms with E-state index >= 15 is 0 Å². The normalized spacial score (nSPS) is 11.8. The molecule has 0 aliphatic heterocycles. The van der Waals surface area contributed by atoms with Crippen molar-refractivity contribution in [3.63, 3.8) is 0 Å². The van der Waals surface area contributed by atoms with Crippen LogP contribution in [-0.2, 0) is 12.6 Å². The molecule has 3 aromatic rings. The molecule has 1 heterocycles. The Balaban J connectivity index is 1.91. The molecule has 0 atom stereocenters. The summed E-state index contributed by atoms with van der Waals surface area (Å²) in [5, 5.41) is 0.958. The molecule has 0 aliphatic carbocycles. The lowest BCUT2D eigenvalue weighted by atomic mass is 10.1. The molecule has 0 aliphatic rings. The molecule has 6 heteroatoms. The second kappa shape index (κ2) is 5.96. The van der Waals surface area contributed by atoms with E-state index in [1.165, 1.54) is 12.1 Å².